The molecule has 0 unspecified atom stereocenters. The lowest BCUT2D eigenvalue weighted by molar-refractivity contribution is 0.0696. The minimum atomic E-state index is -0.910. The van der Waals surface area contributed by atoms with E-state index in [2.05, 4.69) is 0 Å². The molecule has 2 nitrogen and oxygen atoms in total. The van der Waals surface area contributed by atoms with Crippen LogP contribution in [0.5, 0.6) is 0 Å². The first-order valence-electron chi connectivity index (χ1n) is 7.29. The van der Waals surface area contributed by atoms with E-state index in [9.17, 15) is 9.90 Å². The van der Waals surface area contributed by atoms with Gasteiger partial charge in [-0.3, -0.25) is 0 Å². The van der Waals surface area contributed by atoms with Gasteiger partial charge in [0.05, 0.1) is 5.56 Å². The van der Waals surface area contributed by atoms with Gasteiger partial charge in [-0.05, 0) is 46.9 Å². The lowest BCUT2D eigenvalue weighted by Gasteiger charge is -2.10. The minimum absolute atomic E-state index is 0.335. The second kappa shape index (κ2) is 6.67. The first-order valence-corrected chi connectivity index (χ1v) is 7.67. The van der Waals surface area contributed by atoms with E-state index < -0.39 is 5.97 Å². The van der Waals surface area contributed by atoms with Gasteiger partial charge in [0.2, 0.25) is 0 Å². The number of rotatable bonds is 4. The molecule has 0 amide bonds. The van der Waals surface area contributed by atoms with Crippen molar-refractivity contribution in [2.75, 3.05) is 0 Å². The Morgan fingerprint density at radius 2 is 1.52 bits per heavy atom. The summed E-state index contributed by atoms with van der Waals surface area (Å²) in [5.41, 5.74) is 4.05. The SMILES string of the molecule is O=C(O)c1cc(-c2ccc(Cl)cc2)ccc1Cc1ccccc1. The molecule has 0 heterocycles. The third kappa shape index (κ3) is 3.61. The molecule has 3 aromatic carbocycles. The number of hydrogen-bond acceptors (Lipinski definition) is 1. The molecule has 3 heteroatoms. The van der Waals surface area contributed by atoms with Crippen molar-refractivity contribution in [3.8, 4) is 11.1 Å². The van der Waals surface area contributed by atoms with Gasteiger partial charge in [-0.2, -0.15) is 0 Å². The molecular weight excluding hydrogens is 308 g/mol. The molecule has 1 N–H and O–H groups in total. The molecule has 0 spiro atoms. The number of carboxylic acids is 1. The number of benzene rings is 3. The maximum absolute atomic E-state index is 11.6. The standard InChI is InChI=1S/C20H15ClO2/c21-18-10-8-15(9-11-18)16-6-7-17(19(13-16)20(22)23)12-14-4-2-1-3-5-14/h1-11,13H,12H2,(H,22,23). The highest BCUT2D eigenvalue weighted by Crippen LogP contribution is 2.25. The number of hydrogen-bond donors (Lipinski definition) is 1. The molecule has 0 atom stereocenters. The summed E-state index contributed by atoms with van der Waals surface area (Å²) in [7, 11) is 0. The Bertz CT molecular complexity index is 824. The monoisotopic (exact) mass is 322 g/mol. The van der Waals surface area contributed by atoms with Gasteiger partial charge in [0.1, 0.15) is 0 Å². The van der Waals surface area contributed by atoms with Crippen molar-refractivity contribution in [3.05, 3.63) is 94.5 Å². The largest absolute Gasteiger partial charge is 0.478 e. The zero-order valence-corrected chi connectivity index (χ0v) is 13.1. The molecule has 23 heavy (non-hydrogen) atoms. The highest BCUT2D eigenvalue weighted by Gasteiger charge is 2.12. The van der Waals surface area contributed by atoms with Crippen molar-refractivity contribution in [1.82, 2.24) is 0 Å². The first kappa shape index (κ1) is 15.3. The van der Waals surface area contributed by atoms with E-state index in [-0.39, 0.29) is 0 Å². The van der Waals surface area contributed by atoms with Crippen LogP contribution in [-0.4, -0.2) is 11.1 Å². The lowest BCUT2D eigenvalue weighted by Crippen LogP contribution is -2.03. The van der Waals surface area contributed by atoms with Crippen LogP contribution in [0.3, 0.4) is 0 Å². The normalized spacial score (nSPS) is 10.5. The van der Waals surface area contributed by atoms with Crippen LogP contribution in [0.1, 0.15) is 21.5 Å². The molecule has 0 saturated carbocycles. The van der Waals surface area contributed by atoms with Crippen LogP contribution < -0.4 is 0 Å². The van der Waals surface area contributed by atoms with Crippen molar-refractivity contribution in [2.24, 2.45) is 0 Å². The molecule has 3 aromatic rings. The van der Waals surface area contributed by atoms with Gasteiger partial charge < -0.3 is 5.11 Å². The second-order valence-electron chi connectivity index (χ2n) is 5.35. The predicted molar refractivity (Wildman–Crippen MR) is 93.1 cm³/mol. The summed E-state index contributed by atoms with van der Waals surface area (Å²) in [5.74, 6) is -0.910. The molecule has 114 valence electrons. The maximum atomic E-state index is 11.6. The van der Waals surface area contributed by atoms with Gasteiger partial charge in [0, 0.05) is 5.02 Å². The number of carboxylic acid groups (broad SMARTS) is 1. The Labute approximate surface area is 140 Å². The number of aromatic carboxylic acids is 1. The number of halogens is 1. The van der Waals surface area contributed by atoms with Crippen LogP contribution in [0.4, 0.5) is 0 Å². The Morgan fingerprint density at radius 3 is 2.17 bits per heavy atom. The summed E-state index contributed by atoms with van der Waals surface area (Å²) in [4.78, 5) is 11.6. The molecular formula is C20H15ClO2. The quantitative estimate of drug-likeness (QED) is 0.708. The van der Waals surface area contributed by atoms with Gasteiger partial charge in [0.25, 0.3) is 0 Å². The van der Waals surface area contributed by atoms with E-state index in [4.69, 9.17) is 11.6 Å². The fourth-order valence-corrected chi connectivity index (χ4v) is 2.69. The van der Waals surface area contributed by atoms with Crippen LogP contribution in [0, 0.1) is 0 Å². The van der Waals surface area contributed by atoms with E-state index in [1.165, 1.54) is 0 Å². The number of carbonyl (C=O) groups is 1. The molecule has 0 bridgehead atoms. The molecule has 0 aromatic heterocycles. The minimum Gasteiger partial charge on any atom is -0.478 e. The Morgan fingerprint density at radius 1 is 0.870 bits per heavy atom. The van der Waals surface area contributed by atoms with Crippen molar-refractivity contribution < 1.29 is 9.90 Å². The fraction of sp³-hybridized carbons (Fsp3) is 0.0500. The molecule has 0 fully saturated rings. The third-order valence-corrected chi connectivity index (χ3v) is 4.01. The van der Waals surface area contributed by atoms with Gasteiger partial charge in [0.15, 0.2) is 0 Å². The summed E-state index contributed by atoms with van der Waals surface area (Å²) in [5, 5.41) is 10.2. The van der Waals surface area contributed by atoms with Gasteiger partial charge in [-0.15, -0.1) is 0 Å². The third-order valence-electron chi connectivity index (χ3n) is 3.76. The maximum Gasteiger partial charge on any atom is 0.335 e. The van der Waals surface area contributed by atoms with Gasteiger partial charge >= 0.3 is 5.97 Å². The zero-order chi connectivity index (χ0) is 16.2. The average molecular weight is 323 g/mol. The summed E-state index contributed by atoms with van der Waals surface area (Å²) in [6.07, 6.45) is 0.601. The Hall–Kier alpha value is -2.58. The highest BCUT2D eigenvalue weighted by molar-refractivity contribution is 6.30. The van der Waals surface area contributed by atoms with Crippen LogP contribution >= 0.6 is 11.6 Å². The predicted octanol–water partition coefficient (Wildman–Crippen LogP) is 5.30. The fourth-order valence-electron chi connectivity index (χ4n) is 2.57. The molecule has 0 aliphatic rings. The Kier molecular flexibility index (Phi) is 4.45. The molecule has 3 rings (SSSR count). The Balaban J connectivity index is 1.99. The van der Waals surface area contributed by atoms with Crippen molar-refractivity contribution in [2.45, 2.75) is 6.42 Å². The summed E-state index contributed by atoms with van der Waals surface area (Å²) in [6.45, 7) is 0. The van der Waals surface area contributed by atoms with E-state index in [1.54, 1.807) is 18.2 Å². The topological polar surface area (TPSA) is 37.3 Å². The van der Waals surface area contributed by atoms with Crippen LogP contribution in [0.25, 0.3) is 11.1 Å². The van der Waals surface area contributed by atoms with E-state index in [0.717, 1.165) is 22.3 Å². The summed E-state index contributed by atoms with van der Waals surface area (Å²) in [6, 6.07) is 22.8. The lowest BCUT2D eigenvalue weighted by atomic mass is 9.95. The van der Waals surface area contributed by atoms with Crippen LogP contribution in [-0.2, 0) is 6.42 Å². The van der Waals surface area contributed by atoms with E-state index >= 15 is 0 Å². The van der Waals surface area contributed by atoms with Gasteiger partial charge in [-0.1, -0.05) is 66.2 Å². The van der Waals surface area contributed by atoms with Crippen molar-refractivity contribution in [3.63, 3.8) is 0 Å². The molecule has 0 aliphatic carbocycles. The second-order valence-corrected chi connectivity index (χ2v) is 5.78. The van der Waals surface area contributed by atoms with Crippen LogP contribution in [0.2, 0.25) is 5.02 Å². The molecule has 0 radical (unpaired) electrons. The van der Waals surface area contributed by atoms with Gasteiger partial charge in [-0.25, -0.2) is 4.79 Å². The summed E-state index contributed by atoms with van der Waals surface area (Å²) < 4.78 is 0. The smallest absolute Gasteiger partial charge is 0.335 e. The van der Waals surface area contributed by atoms with Crippen LogP contribution in [0.15, 0.2) is 72.8 Å². The molecule has 0 aliphatic heterocycles. The van der Waals surface area contributed by atoms with E-state index in [1.807, 2.05) is 54.6 Å². The van der Waals surface area contributed by atoms with E-state index in [0.29, 0.717) is 17.0 Å². The zero-order valence-electron chi connectivity index (χ0n) is 12.4. The summed E-state index contributed by atoms with van der Waals surface area (Å²) >= 11 is 5.90. The average Bonchev–Trinajstić information content (AvgIpc) is 2.57. The first-order chi connectivity index (χ1) is 11.1. The van der Waals surface area contributed by atoms with Crippen molar-refractivity contribution >= 4 is 17.6 Å². The van der Waals surface area contributed by atoms with Crippen molar-refractivity contribution in [1.29, 1.82) is 0 Å². The molecule has 0 saturated heterocycles. The highest BCUT2D eigenvalue weighted by atomic mass is 35.5.